The summed E-state index contributed by atoms with van der Waals surface area (Å²) in [6.45, 7) is 3.67. The maximum absolute atomic E-state index is 12.8. The fraction of sp³-hybridized carbons (Fsp3) is 0.781. The molecule has 482 valence electrons. The predicted molar refractivity (Wildman–Crippen MR) is 358 cm³/mol. The highest BCUT2D eigenvalue weighted by Crippen LogP contribution is 2.43. The minimum Gasteiger partial charge on any atom is -0.462 e. The highest BCUT2D eigenvalue weighted by Gasteiger charge is 2.26. The van der Waals surface area contributed by atoms with Crippen LogP contribution in [-0.2, 0) is 32.7 Å². The molecular weight excluding hydrogens is 1050 g/mol. The molecule has 0 aromatic rings. The van der Waals surface area contributed by atoms with Crippen LogP contribution in [0.5, 0.6) is 0 Å². The number of rotatable bonds is 66. The van der Waals surface area contributed by atoms with Crippen LogP contribution in [0.15, 0.2) is 85.1 Å². The Morgan fingerprint density at radius 2 is 0.663 bits per heavy atom. The quantitative estimate of drug-likeness (QED) is 0.0264. The first kappa shape index (κ1) is 80.2. The molecule has 83 heavy (non-hydrogen) atoms. The number of allylic oxidation sites excluding steroid dienone is 14. The third kappa shape index (κ3) is 68.2. The molecule has 0 spiro atoms. The number of nitrogens with two attached hydrogens (primary N) is 1. The average molecular weight is 1180 g/mol. The molecule has 3 N–H and O–H groups in total. The van der Waals surface area contributed by atoms with E-state index in [0.29, 0.717) is 6.42 Å². The van der Waals surface area contributed by atoms with E-state index in [4.69, 9.17) is 24.3 Å². The lowest BCUT2D eigenvalue weighted by molar-refractivity contribution is -0.161. The fourth-order valence-corrected chi connectivity index (χ4v) is 10.9. The monoisotopic (exact) mass is 1180 g/mol. The van der Waals surface area contributed by atoms with Gasteiger partial charge in [-0.25, -0.2) is 4.57 Å². The van der Waals surface area contributed by atoms with Crippen LogP contribution in [0.2, 0.25) is 0 Å². The maximum Gasteiger partial charge on any atom is 0.472 e. The van der Waals surface area contributed by atoms with Gasteiger partial charge in [-0.2, -0.15) is 0 Å². The van der Waals surface area contributed by atoms with E-state index in [1.807, 2.05) is 0 Å². The third-order valence-corrected chi connectivity index (χ3v) is 16.2. The lowest BCUT2D eigenvalue weighted by Crippen LogP contribution is -2.29. The zero-order valence-electron chi connectivity index (χ0n) is 54.2. The number of hydrogen-bond donors (Lipinski definition) is 2. The minimum atomic E-state index is -4.39. The first-order valence-electron chi connectivity index (χ1n) is 35.1. The Morgan fingerprint density at radius 3 is 0.988 bits per heavy atom. The maximum atomic E-state index is 12.8. The van der Waals surface area contributed by atoms with E-state index < -0.39 is 26.5 Å². The van der Waals surface area contributed by atoms with Crippen molar-refractivity contribution < 1.29 is 37.6 Å². The second kappa shape index (κ2) is 68.3. The molecule has 0 fully saturated rings. The van der Waals surface area contributed by atoms with Crippen LogP contribution in [0.3, 0.4) is 0 Å². The lowest BCUT2D eigenvalue weighted by atomic mass is 10.0. The Bertz CT molecular complexity index is 1640. The van der Waals surface area contributed by atoms with Crippen molar-refractivity contribution in [3.05, 3.63) is 85.1 Å². The van der Waals surface area contributed by atoms with Gasteiger partial charge in [-0.05, 0) is 89.9 Å². The Balaban J connectivity index is 3.85. The van der Waals surface area contributed by atoms with Crippen molar-refractivity contribution in [1.29, 1.82) is 0 Å². The summed E-state index contributed by atoms with van der Waals surface area (Å²) in [5.74, 6) is -0.814. The number of esters is 2. The molecule has 0 aliphatic heterocycles. The summed E-state index contributed by atoms with van der Waals surface area (Å²) in [6, 6.07) is 0. The summed E-state index contributed by atoms with van der Waals surface area (Å²) in [4.78, 5) is 35.4. The molecule has 2 unspecified atom stereocenters. The molecule has 0 heterocycles. The van der Waals surface area contributed by atoms with Crippen LogP contribution >= 0.6 is 7.82 Å². The zero-order valence-corrected chi connectivity index (χ0v) is 55.1. The second-order valence-electron chi connectivity index (χ2n) is 23.4. The molecule has 0 saturated carbocycles. The van der Waals surface area contributed by atoms with E-state index in [1.165, 1.54) is 225 Å². The topological polar surface area (TPSA) is 134 Å². The van der Waals surface area contributed by atoms with Crippen LogP contribution in [0.1, 0.15) is 335 Å². The summed E-state index contributed by atoms with van der Waals surface area (Å²) < 4.78 is 33.2. The number of ether oxygens (including phenoxy) is 2. The van der Waals surface area contributed by atoms with Gasteiger partial charge in [-0.15, -0.1) is 0 Å². The molecule has 0 radical (unpaired) electrons. The van der Waals surface area contributed by atoms with E-state index >= 15 is 0 Å². The summed E-state index contributed by atoms with van der Waals surface area (Å²) in [7, 11) is -4.39. The number of carbonyl (C=O) groups is 2. The van der Waals surface area contributed by atoms with Gasteiger partial charge in [0.05, 0.1) is 13.2 Å². The molecule has 0 aromatic carbocycles. The van der Waals surface area contributed by atoms with Crippen LogP contribution in [0.4, 0.5) is 0 Å². The average Bonchev–Trinajstić information content (AvgIpc) is 3.48. The summed E-state index contributed by atoms with van der Waals surface area (Å²) in [6.07, 6.45) is 91.0. The van der Waals surface area contributed by atoms with Crippen LogP contribution in [0, 0.1) is 0 Å². The van der Waals surface area contributed by atoms with Gasteiger partial charge in [0.1, 0.15) is 6.61 Å². The van der Waals surface area contributed by atoms with E-state index in [1.54, 1.807) is 0 Å². The first-order chi connectivity index (χ1) is 40.8. The molecular formula is C73H132NO8P. The van der Waals surface area contributed by atoms with Gasteiger partial charge in [0.15, 0.2) is 6.10 Å². The normalized spacial score (nSPS) is 13.4. The number of phosphoric acid groups is 1. The van der Waals surface area contributed by atoms with Crippen molar-refractivity contribution in [3.8, 4) is 0 Å². The molecule has 9 nitrogen and oxygen atoms in total. The van der Waals surface area contributed by atoms with Gasteiger partial charge in [0, 0.05) is 19.4 Å². The highest BCUT2D eigenvalue weighted by atomic mass is 31.2. The molecule has 0 aliphatic rings. The number of phosphoric ester groups is 1. The summed E-state index contributed by atoms with van der Waals surface area (Å²) in [5.41, 5.74) is 5.40. The molecule has 0 rings (SSSR count). The smallest absolute Gasteiger partial charge is 0.462 e. The summed E-state index contributed by atoms with van der Waals surface area (Å²) >= 11 is 0. The minimum absolute atomic E-state index is 0.0530. The van der Waals surface area contributed by atoms with Crippen LogP contribution < -0.4 is 5.73 Å². The van der Waals surface area contributed by atoms with Crippen molar-refractivity contribution >= 4 is 19.8 Å². The van der Waals surface area contributed by atoms with Crippen molar-refractivity contribution in [2.75, 3.05) is 26.4 Å². The van der Waals surface area contributed by atoms with Gasteiger partial charge < -0.3 is 20.1 Å². The zero-order chi connectivity index (χ0) is 60.1. The molecule has 0 amide bonds. The predicted octanol–water partition coefficient (Wildman–Crippen LogP) is 23.0. The van der Waals surface area contributed by atoms with Crippen molar-refractivity contribution in [2.24, 2.45) is 5.73 Å². The van der Waals surface area contributed by atoms with E-state index in [9.17, 15) is 19.0 Å². The largest absolute Gasteiger partial charge is 0.472 e. The molecule has 0 aromatic heterocycles. The number of unbranched alkanes of at least 4 members (excludes halogenated alkanes) is 39. The standard InChI is InChI=1S/C73H132NO8P/c1-3-5-7-9-11-13-15-17-19-21-23-25-27-29-31-32-33-34-35-36-37-38-40-42-44-46-48-50-52-54-56-58-60-62-64-66-73(76)82-71(70-81-83(77,78)80-68-67-74)69-79-72(75)65-63-61-59-57-55-53-51-49-47-45-43-41-39-30-28-26-24-22-20-18-16-14-12-10-8-6-4-2/h5,7,11,13,16-19,22-25,29,31,71H,3-4,6,8-10,12,14-15,20-21,26-28,30,32-70,74H2,1-2H3,(H,77,78)/b7-5-,13-11-,18-16-,19-17-,24-22-,25-23-,31-29-. The molecule has 0 saturated heterocycles. The van der Waals surface area contributed by atoms with Gasteiger partial charge >= 0.3 is 19.8 Å². The molecule has 0 aliphatic carbocycles. The molecule has 2 atom stereocenters. The van der Waals surface area contributed by atoms with Crippen LogP contribution in [0.25, 0.3) is 0 Å². The van der Waals surface area contributed by atoms with Crippen molar-refractivity contribution in [1.82, 2.24) is 0 Å². The Kier molecular flexibility index (Phi) is 66.0. The van der Waals surface area contributed by atoms with Crippen molar-refractivity contribution in [2.45, 2.75) is 341 Å². The molecule has 10 heteroatoms. The number of hydrogen-bond acceptors (Lipinski definition) is 8. The van der Waals surface area contributed by atoms with Gasteiger partial charge in [0.2, 0.25) is 0 Å². The fourth-order valence-electron chi connectivity index (χ4n) is 10.1. The Morgan fingerprint density at radius 1 is 0.373 bits per heavy atom. The van der Waals surface area contributed by atoms with Gasteiger partial charge in [0.25, 0.3) is 0 Å². The Labute approximate surface area is 513 Å². The first-order valence-corrected chi connectivity index (χ1v) is 36.6. The van der Waals surface area contributed by atoms with Crippen LogP contribution in [-0.4, -0.2) is 49.3 Å². The van der Waals surface area contributed by atoms with E-state index in [2.05, 4.69) is 98.9 Å². The van der Waals surface area contributed by atoms with Gasteiger partial charge in [-0.1, -0.05) is 317 Å². The third-order valence-electron chi connectivity index (χ3n) is 15.3. The van der Waals surface area contributed by atoms with Gasteiger partial charge in [-0.3, -0.25) is 18.6 Å². The summed E-state index contributed by atoms with van der Waals surface area (Å²) in [5, 5.41) is 0. The molecule has 0 bridgehead atoms. The van der Waals surface area contributed by atoms with E-state index in [-0.39, 0.29) is 38.6 Å². The van der Waals surface area contributed by atoms with Crippen molar-refractivity contribution in [3.63, 3.8) is 0 Å². The van der Waals surface area contributed by atoms with E-state index in [0.717, 1.165) is 77.0 Å². The number of carbonyl (C=O) groups excluding carboxylic acids is 2. The highest BCUT2D eigenvalue weighted by molar-refractivity contribution is 7.47. The second-order valence-corrected chi connectivity index (χ2v) is 24.8. The Hall–Kier alpha value is -2.81. The SMILES string of the molecule is CC/C=C\C/C=C\C/C=C\C/C=C\C/C=C\CCCCCCCCCCCCCCCCCCCCCC(=O)OC(COC(=O)CCCCCCCCCCCCCCCCC/C=C\C/C=C\CCCCCCC)COP(=O)(O)OCCN. The lowest BCUT2D eigenvalue weighted by Gasteiger charge is -2.19.